The van der Waals surface area contributed by atoms with Gasteiger partial charge in [-0.25, -0.2) is 4.68 Å². The largest absolute Gasteiger partial charge is 0.497 e. The van der Waals surface area contributed by atoms with E-state index in [9.17, 15) is 18.0 Å². The number of ether oxygens (including phenoxy) is 1. The third-order valence-corrected chi connectivity index (χ3v) is 3.90. The van der Waals surface area contributed by atoms with E-state index < -0.39 is 17.6 Å². The predicted molar refractivity (Wildman–Crippen MR) is 94.3 cm³/mol. The number of halogens is 3. The minimum Gasteiger partial charge on any atom is -0.497 e. The van der Waals surface area contributed by atoms with Crippen molar-refractivity contribution in [2.75, 3.05) is 12.4 Å². The highest BCUT2D eigenvalue weighted by Gasteiger charge is 2.30. The van der Waals surface area contributed by atoms with Crippen molar-refractivity contribution in [1.29, 1.82) is 0 Å². The molecule has 0 fully saturated rings. The summed E-state index contributed by atoms with van der Waals surface area (Å²) in [6.07, 6.45) is -4.51. The number of alkyl halides is 3. The molecule has 0 saturated heterocycles. The van der Waals surface area contributed by atoms with E-state index in [1.807, 2.05) is 0 Å². The first-order valence-corrected chi connectivity index (χ1v) is 7.97. The number of hydrogen-bond donors (Lipinski definition) is 1. The number of anilines is 1. The van der Waals surface area contributed by atoms with Gasteiger partial charge in [0.05, 0.1) is 18.4 Å². The Morgan fingerprint density at radius 1 is 1.11 bits per heavy atom. The molecule has 0 aliphatic carbocycles. The lowest BCUT2D eigenvalue weighted by Gasteiger charge is -2.08. The number of rotatable bonds is 4. The Bertz CT molecular complexity index is 963. The summed E-state index contributed by atoms with van der Waals surface area (Å²) in [6.45, 7) is 1.80. The number of nitrogens with zero attached hydrogens (tertiary/aromatic N) is 2. The second-order valence-electron chi connectivity index (χ2n) is 5.81. The Balaban J connectivity index is 1.81. The Hall–Kier alpha value is -3.29. The summed E-state index contributed by atoms with van der Waals surface area (Å²) in [6, 6.07) is 13.0. The Labute approximate surface area is 153 Å². The number of nitrogens with one attached hydrogen (secondary N) is 1. The maximum Gasteiger partial charge on any atom is 0.416 e. The van der Waals surface area contributed by atoms with Crippen LogP contribution in [-0.4, -0.2) is 22.8 Å². The molecule has 8 heteroatoms. The van der Waals surface area contributed by atoms with Gasteiger partial charge in [-0.15, -0.1) is 5.10 Å². The van der Waals surface area contributed by atoms with E-state index in [-0.39, 0.29) is 11.4 Å². The Morgan fingerprint density at radius 3 is 2.44 bits per heavy atom. The van der Waals surface area contributed by atoms with Crippen LogP contribution in [-0.2, 0) is 6.18 Å². The van der Waals surface area contributed by atoms with Gasteiger partial charge < -0.3 is 10.1 Å². The fourth-order valence-corrected chi connectivity index (χ4v) is 2.55. The van der Waals surface area contributed by atoms with E-state index in [1.165, 1.54) is 12.1 Å². The topological polar surface area (TPSA) is 56.1 Å². The smallest absolute Gasteiger partial charge is 0.416 e. The van der Waals surface area contributed by atoms with Crippen LogP contribution in [0.3, 0.4) is 0 Å². The van der Waals surface area contributed by atoms with Crippen LogP contribution in [0.25, 0.3) is 5.69 Å². The lowest BCUT2D eigenvalue weighted by atomic mass is 10.1. The number of methoxy groups -OCH3 is 1. The number of hydrogen-bond acceptors (Lipinski definition) is 3. The minimum atomic E-state index is -4.51. The van der Waals surface area contributed by atoms with Crippen molar-refractivity contribution < 1.29 is 22.7 Å². The lowest BCUT2D eigenvalue weighted by Crippen LogP contribution is -2.14. The Morgan fingerprint density at radius 2 is 1.81 bits per heavy atom. The SMILES string of the molecule is COc1ccc(-n2nc(NC(=O)c3cccc(C(F)(F)F)c3)cc2C)cc1. The molecular formula is C19H16F3N3O2. The second-order valence-corrected chi connectivity index (χ2v) is 5.81. The van der Waals surface area contributed by atoms with Gasteiger partial charge in [0.2, 0.25) is 0 Å². The first-order valence-electron chi connectivity index (χ1n) is 7.97. The zero-order chi connectivity index (χ0) is 19.6. The molecule has 0 saturated carbocycles. The van der Waals surface area contributed by atoms with Crippen molar-refractivity contribution in [2.45, 2.75) is 13.1 Å². The molecule has 0 spiro atoms. The maximum atomic E-state index is 12.8. The van der Waals surface area contributed by atoms with Crippen LogP contribution < -0.4 is 10.1 Å². The summed E-state index contributed by atoms with van der Waals surface area (Å²) in [7, 11) is 1.57. The van der Waals surface area contributed by atoms with Gasteiger partial charge in [-0.3, -0.25) is 4.79 Å². The number of aryl methyl sites for hydroxylation is 1. The van der Waals surface area contributed by atoms with Crippen molar-refractivity contribution in [3.05, 3.63) is 71.4 Å². The molecule has 140 valence electrons. The van der Waals surface area contributed by atoms with Gasteiger partial charge in [-0.05, 0) is 49.4 Å². The summed E-state index contributed by atoms with van der Waals surface area (Å²) in [5.41, 5.74) is 0.531. The van der Waals surface area contributed by atoms with Crippen LogP contribution in [0.15, 0.2) is 54.6 Å². The van der Waals surface area contributed by atoms with Crippen molar-refractivity contribution >= 4 is 11.7 Å². The molecule has 0 radical (unpaired) electrons. The lowest BCUT2D eigenvalue weighted by molar-refractivity contribution is -0.137. The molecule has 2 aromatic carbocycles. The van der Waals surface area contributed by atoms with Crippen LogP contribution in [0, 0.1) is 6.92 Å². The summed E-state index contributed by atoms with van der Waals surface area (Å²) < 4.78 is 45.1. The highest BCUT2D eigenvalue weighted by molar-refractivity contribution is 6.03. The summed E-state index contributed by atoms with van der Waals surface area (Å²) in [5, 5.41) is 6.82. The van der Waals surface area contributed by atoms with Gasteiger partial charge in [-0.1, -0.05) is 6.07 Å². The van der Waals surface area contributed by atoms with Crippen molar-refractivity contribution in [3.8, 4) is 11.4 Å². The molecule has 0 aliphatic rings. The molecule has 1 N–H and O–H groups in total. The Kier molecular flexibility index (Phi) is 4.89. The van der Waals surface area contributed by atoms with Crippen LogP contribution >= 0.6 is 0 Å². The van der Waals surface area contributed by atoms with Crippen molar-refractivity contribution in [2.24, 2.45) is 0 Å². The maximum absolute atomic E-state index is 12.8. The molecular weight excluding hydrogens is 359 g/mol. The van der Waals surface area contributed by atoms with Gasteiger partial charge >= 0.3 is 6.18 Å². The molecule has 1 amide bonds. The van der Waals surface area contributed by atoms with E-state index in [0.29, 0.717) is 5.75 Å². The van der Waals surface area contributed by atoms with Crippen LogP contribution in [0.2, 0.25) is 0 Å². The molecule has 3 rings (SSSR count). The molecule has 0 atom stereocenters. The standard InChI is InChI=1S/C19H16F3N3O2/c1-12-10-17(24-25(12)15-6-8-16(27-2)9-7-15)23-18(26)13-4-3-5-14(11-13)19(20,21)22/h3-11H,1-2H3,(H,23,24,26). The van der Waals surface area contributed by atoms with Gasteiger partial charge in [0, 0.05) is 17.3 Å². The van der Waals surface area contributed by atoms with E-state index in [2.05, 4.69) is 10.4 Å². The van der Waals surface area contributed by atoms with E-state index in [0.717, 1.165) is 23.5 Å². The minimum absolute atomic E-state index is 0.0959. The molecule has 0 bridgehead atoms. The van der Waals surface area contributed by atoms with Crippen LogP contribution in [0.4, 0.5) is 19.0 Å². The quantitative estimate of drug-likeness (QED) is 0.733. The highest BCUT2D eigenvalue weighted by Crippen LogP contribution is 2.29. The van der Waals surface area contributed by atoms with Crippen molar-refractivity contribution in [1.82, 2.24) is 9.78 Å². The zero-order valence-electron chi connectivity index (χ0n) is 14.5. The van der Waals surface area contributed by atoms with Crippen LogP contribution in [0.1, 0.15) is 21.6 Å². The first-order chi connectivity index (χ1) is 12.8. The third kappa shape index (κ3) is 4.11. The van der Waals surface area contributed by atoms with Crippen molar-refractivity contribution in [3.63, 3.8) is 0 Å². The number of carbonyl (C=O) groups excluding carboxylic acids is 1. The molecule has 0 aliphatic heterocycles. The van der Waals surface area contributed by atoms with Gasteiger partial charge in [0.25, 0.3) is 5.91 Å². The molecule has 5 nitrogen and oxygen atoms in total. The average Bonchev–Trinajstić information content (AvgIpc) is 3.01. The number of aromatic nitrogens is 2. The van der Waals surface area contributed by atoms with E-state index in [4.69, 9.17) is 4.74 Å². The summed E-state index contributed by atoms with van der Waals surface area (Å²) in [4.78, 5) is 12.3. The number of benzene rings is 2. The monoisotopic (exact) mass is 375 g/mol. The number of amides is 1. The highest BCUT2D eigenvalue weighted by atomic mass is 19.4. The molecule has 1 aromatic heterocycles. The molecule has 1 heterocycles. The number of carbonyl (C=O) groups is 1. The van der Waals surface area contributed by atoms with Crippen LogP contribution in [0.5, 0.6) is 5.75 Å². The third-order valence-electron chi connectivity index (χ3n) is 3.90. The van der Waals surface area contributed by atoms with Gasteiger partial charge in [0.15, 0.2) is 5.82 Å². The van der Waals surface area contributed by atoms with E-state index in [1.54, 1.807) is 49.0 Å². The fourth-order valence-electron chi connectivity index (χ4n) is 2.55. The summed E-state index contributed by atoms with van der Waals surface area (Å²) in [5.74, 6) is 0.271. The molecule has 27 heavy (non-hydrogen) atoms. The second kappa shape index (κ2) is 7.14. The normalized spacial score (nSPS) is 11.3. The molecule has 3 aromatic rings. The average molecular weight is 375 g/mol. The summed E-state index contributed by atoms with van der Waals surface area (Å²) >= 11 is 0. The van der Waals surface area contributed by atoms with Gasteiger partial charge in [-0.2, -0.15) is 13.2 Å². The zero-order valence-corrected chi connectivity index (χ0v) is 14.5. The van der Waals surface area contributed by atoms with E-state index >= 15 is 0 Å². The first kappa shape index (κ1) is 18.5. The predicted octanol–water partition coefficient (Wildman–Crippen LogP) is 4.46. The molecule has 0 unspecified atom stereocenters. The van der Waals surface area contributed by atoms with Gasteiger partial charge in [0.1, 0.15) is 5.75 Å². The fraction of sp³-hybridized carbons (Fsp3) is 0.158.